The summed E-state index contributed by atoms with van der Waals surface area (Å²) in [5.41, 5.74) is -0.0876. The highest BCUT2D eigenvalue weighted by Gasteiger charge is 2.16. The molecule has 0 saturated carbocycles. The standard InChI is InChI=1S/C8H12O2/c1-4-5-8(2,3)6-10-7-9/h1,7H,5-6H2,2-3H3. The predicted octanol–water partition coefficient (Wildman–Crippen LogP) is 1.21. The molecule has 0 heterocycles. The second-order valence-corrected chi connectivity index (χ2v) is 2.95. The van der Waals surface area contributed by atoms with Gasteiger partial charge in [-0.3, -0.25) is 4.79 Å². The number of terminal acetylenes is 1. The Bertz CT molecular complexity index is 142. The van der Waals surface area contributed by atoms with Gasteiger partial charge < -0.3 is 4.74 Å². The first kappa shape index (κ1) is 9.03. The van der Waals surface area contributed by atoms with Crippen LogP contribution in [0.1, 0.15) is 20.3 Å². The Hall–Kier alpha value is -0.970. The normalized spacial score (nSPS) is 10.1. The summed E-state index contributed by atoms with van der Waals surface area (Å²) in [6.07, 6.45) is 5.72. The van der Waals surface area contributed by atoms with E-state index < -0.39 is 0 Å². The predicted molar refractivity (Wildman–Crippen MR) is 39.2 cm³/mol. The molecule has 10 heavy (non-hydrogen) atoms. The van der Waals surface area contributed by atoms with Crippen molar-refractivity contribution in [3.8, 4) is 12.3 Å². The fourth-order valence-corrected chi connectivity index (χ4v) is 0.587. The zero-order chi connectivity index (χ0) is 8.04. The summed E-state index contributed by atoms with van der Waals surface area (Å²) < 4.78 is 4.57. The molecule has 0 aliphatic heterocycles. The van der Waals surface area contributed by atoms with E-state index >= 15 is 0 Å². The highest BCUT2D eigenvalue weighted by atomic mass is 16.5. The molecule has 0 N–H and O–H groups in total. The molecule has 0 fully saturated rings. The van der Waals surface area contributed by atoms with E-state index in [1.807, 2.05) is 13.8 Å². The molecule has 2 heteroatoms. The van der Waals surface area contributed by atoms with Gasteiger partial charge in [-0.25, -0.2) is 0 Å². The molecule has 0 radical (unpaired) electrons. The third kappa shape index (κ3) is 3.96. The number of carbonyl (C=O) groups excluding carboxylic acids is 1. The van der Waals surface area contributed by atoms with Gasteiger partial charge in [-0.2, -0.15) is 0 Å². The van der Waals surface area contributed by atoms with Crippen LogP contribution in [-0.4, -0.2) is 13.1 Å². The van der Waals surface area contributed by atoms with Crippen LogP contribution in [0.4, 0.5) is 0 Å². The first-order valence-electron chi connectivity index (χ1n) is 3.11. The van der Waals surface area contributed by atoms with E-state index in [0.29, 0.717) is 19.5 Å². The van der Waals surface area contributed by atoms with Crippen LogP contribution < -0.4 is 0 Å². The quantitative estimate of drug-likeness (QED) is 0.433. The van der Waals surface area contributed by atoms with Gasteiger partial charge in [0.05, 0.1) is 6.61 Å². The van der Waals surface area contributed by atoms with Crippen LogP contribution in [0.3, 0.4) is 0 Å². The van der Waals surface area contributed by atoms with Gasteiger partial charge in [-0.1, -0.05) is 13.8 Å². The van der Waals surface area contributed by atoms with Crippen molar-refractivity contribution in [1.29, 1.82) is 0 Å². The number of carbonyl (C=O) groups is 1. The van der Waals surface area contributed by atoms with Gasteiger partial charge in [0.2, 0.25) is 0 Å². The van der Waals surface area contributed by atoms with Crippen molar-refractivity contribution >= 4 is 6.47 Å². The highest BCUT2D eigenvalue weighted by molar-refractivity contribution is 5.37. The van der Waals surface area contributed by atoms with Crippen LogP contribution in [-0.2, 0) is 9.53 Å². The Kier molecular flexibility index (Phi) is 3.56. The summed E-state index contributed by atoms with van der Waals surface area (Å²) in [5.74, 6) is 2.52. The van der Waals surface area contributed by atoms with Gasteiger partial charge in [-0.15, -0.1) is 12.3 Å². The fraction of sp³-hybridized carbons (Fsp3) is 0.625. The topological polar surface area (TPSA) is 26.3 Å². The fourth-order valence-electron chi connectivity index (χ4n) is 0.587. The third-order valence-corrected chi connectivity index (χ3v) is 1.12. The smallest absolute Gasteiger partial charge is 0.293 e. The highest BCUT2D eigenvalue weighted by Crippen LogP contribution is 2.18. The number of hydrogen-bond acceptors (Lipinski definition) is 2. The van der Waals surface area contributed by atoms with Gasteiger partial charge >= 0.3 is 0 Å². The van der Waals surface area contributed by atoms with Crippen molar-refractivity contribution in [2.45, 2.75) is 20.3 Å². The van der Waals surface area contributed by atoms with Gasteiger partial charge in [0.1, 0.15) is 0 Å². The monoisotopic (exact) mass is 140 g/mol. The van der Waals surface area contributed by atoms with Gasteiger partial charge in [-0.05, 0) is 0 Å². The zero-order valence-electron chi connectivity index (χ0n) is 6.39. The first-order chi connectivity index (χ1) is 4.62. The number of ether oxygens (including phenoxy) is 1. The van der Waals surface area contributed by atoms with Crippen LogP contribution in [0, 0.1) is 17.8 Å². The minimum absolute atomic E-state index is 0.0876. The lowest BCUT2D eigenvalue weighted by Crippen LogP contribution is -2.17. The van der Waals surface area contributed by atoms with Crippen LogP contribution >= 0.6 is 0 Å². The maximum absolute atomic E-state index is 9.78. The maximum atomic E-state index is 9.78. The summed E-state index contributed by atoms with van der Waals surface area (Å²) in [4.78, 5) is 9.78. The van der Waals surface area contributed by atoms with E-state index in [4.69, 9.17) is 6.42 Å². The average Bonchev–Trinajstić information content (AvgIpc) is 1.84. The Morgan fingerprint density at radius 2 is 2.30 bits per heavy atom. The van der Waals surface area contributed by atoms with E-state index in [1.54, 1.807) is 0 Å². The lowest BCUT2D eigenvalue weighted by molar-refractivity contribution is -0.131. The molecule has 0 aromatic carbocycles. The summed E-state index contributed by atoms with van der Waals surface area (Å²) in [5, 5.41) is 0. The minimum Gasteiger partial charge on any atom is -0.467 e. The Labute approximate surface area is 61.6 Å². The van der Waals surface area contributed by atoms with Crippen LogP contribution in [0.25, 0.3) is 0 Å². The summed E-state index contributed by atoms with van der Waals surface area (Å²) >= 11 is 0. The lowest BCUT2D eigenvalue weighted by Gasteiger charge is -2.19. The second kappa shape index (κ2) is 3.94. The molecule has 56 valence electrons. The second-order valence-electron chi connectivity index (χ2n) is 2.95. The van der Waals surface area contributed by atoms with E-state index in [9.17, 15) is 4.79 Å². The molecule has 2 nitrogen and oxygen atoms in total. The molecule has 0 spiro atoms. The van der Waals surface area contributed by atoms with Crippen molar-refractivity contribution in [2.24, 2.45) is 5.41 Å². The van der Waals surface area contributed by atoms with Crippen molar-refractivity contribution in [3.05, 3.63) is 0 Å². The molecule has 0 bridgehead atoms. The minimum atomic E-state index is -0.0876. The van der Waals surface area contributed by atoms with Crippen molar-refractivity contribution in [3.63, 3.8) is 0 Å². The van der Waals surface area contributed by atoms with E-state index in [0.717, 1.165) is 0 Å². The molecule has 0 unspecified atom stereocenters. The average molecular weight is 140 g/mol. The summed E-state index contributed by atoms with van der Waals surface area (Å²) in [7, 11) is 0. The number of rotatable bonds is 4. The van der Waals surface area contributed by atoms with Crippen LogP contribution in [0.5, 0.6) is 0 Å². The van der Waals surface area contributed by atoms with Crippen molar-refractivity contribution in [1.82, 2.24) is 0 Å². The molecule has 0 aromatic rings. The third-order valence-electron chi connectivity index (χ3n) is 1.12. The van der Waals surface area contributed by atoms with E-state index in [-0.39, 0.29) is 5.41 Å². The first-order valence-corrected chi connectivity index (χ1v) is 3.11. The Morgan fingerprint density at radius 1 is 1.70 bits per heavy atom. The zero-order valence-corrected chi connectivity index (χ0v) is 6.39. The van der Waals surface area contributed by atoms with Gasteiger partial charge in [0.15, 0.2) is 0 Å². The SMILES string of the molecule is C#CCC(C)(C)COC=O. The molecule has 0 atom stereocenters. The Balaban J connectivity index is 3.64. The van der Waals surface area contributed by atoms with Gasteiger partial charge in [0.25, 0.3) is 6.47 Å². The maximum Gasteiger partial charge on any atom is 0.293 e. The van der Waals surface area contributed by atoms with Crippen LogP contribution in [0.15, 0.2) is 0 Å². The largest absolute Gasteiger partial charge is 0.467 e. The molecular weight excluding hydrogens is 128 g/mol. The van der Waals surface area contributed by atoms with E-state index in [1.165, 1.54) is 0 Å². The summed E-state index contributed by atoms with van der Waals surface area (Å²) in [6.45, 7) is 4.74. The number of hydrogen-bond donors (Lipinski definition) is 0. The lowest BCUT2D eigenvalue weighted by atomic mass is 9.91. The van der Waals surface area contributed by atoms with Crippen LogP contribution in [0.2, 0.25) is 0 Å². The summed E-state index contributed by atoms with van der Waals surface area (Å²) in [6, 6.07) is 0. The molecule has 0 aromatic heterocycles. The van der Waals surface area contributed by atoms with Crippen molar-refractivity contribution < 1.29 is 9.53 Å². The Morgan fingerprint density at radius 3 is 2.70 bits per heavy atom. The molecule has 0 saturated heterocycles. The molecule has 0 amide bonds. The van der Waals surface area contributed by atoms with E-state index in [2.05, 4.69) is 10.7 Å². The molecule has 0 aliphatic carbocycles. The molecule has 0 rings (SSSR count). The van der Waals surface area contributed by atoms with Gasteiger partial charge in [0, 0.05) is 11.8 Å². The molecular formula is C8H12O2. The van der Waals surface area contributed by atoms with Crippen molar-refractivity contribution in [2.75, 3.05) is 6.61 Å². The molecule has 0 aliphatic rings.